The summed E-state index contributed by atoms with van der Waals surface area (Å²) >= 11 is 0. The molecule has 0 aromatic carbocycles. The van der Waals surface area contributed by atoms with E-state index in [-0.39, 0.29) is 5.54 Å². The third kappa shape index (κ3) is 5.22. The first-order chi connectivity index (χ1) is 4.98. The molecule has 0 fully saturated rings. The molecule has 2 heteroatoms. The van der Waals surface area contributed by atoms with Crippen molar-refractivity contribution in [1.29, 1.82) is 0 Å². The van der Waals surface area contributed by atoms with Gasteiger partial charge >= 0.3 is 0 Å². The van der Waals surface area contributed by atoms with Gasteiger partial charge in [0.25, 0.3) is 0 Å². The second-order valence-electron chi connectivity index (χ2n) is 3.98. The second-order valence-corrected chi connectivity index (χ2v) is 3.98. The van der Waals surface area contributed by atoms with Gasteiger partial charge in [0, 0.05) is 12.1 Å². The van der Waals surface area contributed by atoms with E-state index < -0.39 is 0 Å². The van der Waals surface area contributed by atoms with E-state index in [0.717, 1.165) is 12.8 Å². The lowest BCUT2D eigenvalue weighted by atomic mass is 10.1. The van der Waals surface area contributed by atoms with Crippen LogP contribution >= 0.6 is 0 Å². The zero-order chi connectivity index (χ0) is 8.91. The molecule has 1 radical (unpaired) electrons. The van der Waals surface area contributed by atoms with E-state index in [1.54, 1.807) is 0 Å². The lowest BCUT2D eigenvalue weighted by molar-refractivity contribution is -0.212. The summed E-state index contributed by atoms with van der Waals surface area (Å²) in [6, 6.07) is 0. The minimum atomic E-state index is -0.215. The van der Waals surface area contributed by atoms with Crippen molar-refractivity contribution in [2.24, 2.45) is 0 Å². The molecule has 0 unspecified atom stereocenters. The molecule has 67 valence electrons. The number of unbranched alkanes of at least 4 members (excludes halogenated alkanes) is 2. The molecule has 0 bridgehead atoms. The lowest BCUT2D eigenvalue weighted by Crippen LogP contribution is -2.37. The quantitative estimate of drug-likeness (QED) is 0.455. The van der Waals surface area contributed by atoms with Crippen molar-refractivity contribution < 1.29 is 5.21 Å². The van der Waals surface area contributed by atoms with Crippen LogP contribution in [0.4, 0.5) is 0 Å². The van der Waals surface area contributed by atoms with Crippen LogP contribution in [-0.2, 0) is 5.21 Å². The van der Waals surface area contributed by atoms with Gasteiger partial charge < -0.3 is 0 Å². The molecular formula is C9H20NO. The lowest BCUT2D eigenvalue weighted by Gasteiger charge is -2.26. The zero-order valence-corrected chi connectivity index (χ0v) is 8.18. The van der Waals surface area contributed by atoms with E-state index in [9.17, 15) is 5.21 Å². The van der Waals surface area contributed by atoms with Gasteiger partial charge in [0.1, 0.15) is 0 Å². The van der Waals surface area contributed by atoms with Gasteiger partial charge in [-0.2, -0.15) is 0 Å². The topological polar surface area (TPSA) is 23.1 Å². The van der Waals surface area contributed by atoms with Gasteiger partial charge in [-0.1, -0.05) is 19.8 Å². The predicted octanol–water partition coefficient (Wildman–Crippen LogP) is 2.62. The maximum Gasteiger partial charge on any atom is 0.0409 e. The van der Waals surface area contributed by atoms with Crippen LogP contribution in [0.1, 0.15) is 47.0 Å². The van der Waals surface area contributed by atoms with Gasteiger partial charge in [-0.15, -0.1) is 10.3 Å². The molecule has 0 aromatic heterocycles. The third-order valence-electron chi connectivity index (χ3n) is 1.71. The average molecular weight is 158 g/mol. The molecule has 0 saturated carbocycles. The zero-order valence-electron chi connectivity index (χ0n) is 8.18. The van der Waals surface area contributed by atoms with Gasteiger partial charge in [-0.05, 0) is 27.2 Å². The van der Waals surface area contributed by atoms with Gasteiger partial charge in [0.05, 0.1) is 0 Å². The highest BCUT2D eigenvalue weighted by Gasteiger charge is 2.19. The Morgan fingerprint density at radius 1 is 1.18 bits per heavy atom. The van der Waals surface area contributed by atoms with Crippen molar-refractivity contribution in [3.05, 3.63) is 0 Å². The van der Waals surface area contributed by atoms with Crippen LogP contribution in [0, 0.1) is 0 Å². The van der Waals surface area contributed by atoms with Crippen LogP contribution in [0.3, 0.4) is 0 Å². The standard InChI is InChI=1S/C9H20NO/c1-5-6-7-8-10(11)9(2,3)4/h5-8H2,1-4H3. The van der Waals surface area contributed by atoms with E-state index in [0.29, 0.717) is 6.54 Å². The van der Waals surface area contributed by atoms with E-state index >= 15 is 0 Å². The Hall–Kier alpha value is -0.0800. The highest BCUT2D eigenvalue weighted by Crippen LogP contribution is 2.11. The summed E-state index contributed by atoms with van der Waals surface area (Å²) in [5, 5.41) is 12.4. The van der Waals surface area contributed by atoms with E-state index in [2.05, 4.69) is 6.92 Å². The number of rotatable bonds is 4. The molecule has 0 rings (SSSR count). The first kappa shape index (κ1) is 10.9. The Morgan fingerprint density at radius 3 is 2.09 bits per heavy atom. The van der Waals surface area contributed by atoms with Crippen molar-refractivity contribution in [3.63, 3.8) is 0 Å². The van der Waals surface area contributed by atoms with Crippen molar-refractivity contribution in [2.45, 2.75) is 52.5 Å². The Bertz CT molecular complexity index is 96.2. The monoisotopic (exact) mass is 158 g/mol. The van der Waals surface area contributed by atoms with Crippen LogP contribution in [0.15, 0.2) is 0 Å². The molecule has 0 saturated heterocycles. The summed E-state index contributed by atoms with van der Waals surface area (Å²) in [5.41, 5.74) is -0.215. The third-order valence-corrected chi connectivity index (χ3v) is 1.71. The smallest absolute Gasteiger partial charge is 0.0409 e. The molecule has 0 spiro atoms. The highest BCUT2D eigenvalue weighted by atomic mass is 16.5. The summed E-state index contributed by atoms with van der Waals surface area (Å²) < 4.78 is 0. The molecule has 0 atom stereocenters. The Balaban J connectivity index is 3.44. The first-order valence-corrected chi connectivity index (χ1v) is 4.43. The molecule has 11 heavy (non-hydrogen) atoms. The molecule has 0 aliphatic rings. The first-order valence-electron chi connectivity index (χ1n) is 4.43. The highest BCUT2D eigenvalue weighted by molar-refractivity contribution is 4.68. The largest absolute Gasteiger partial charge is 0.150 e. The number of hydroxylamine groups is 2. The number of nitrogens with zero attached hydrogens (tertiary/aromatic N) is 1. The van der Waals surface area contributed by atoms with Gasteiger partial charge in [-0.3, -0.25) is 0 Å². The van der Waals surface area contributed by atoms with Crippen molar-refractivity contribution in [3.8, 4) is 0 Å². The second kappa shape index (κ2) is 4.73. The summed E-state index contributed by atoms with van der Waals surface area (Å²) in [7, 11) is 0. The Morgan fingerprint density at radius 2 is 1.73 bits per heavy atom. The molecule has 0 aliphatic heterocycles. The van der Waals surface area contributed by atoms with Gasteiger partial charge in [-0.25, -0.2) is 0 Å². The summed E-state index contributed by atoms with van der Waals surface area (Å²) in [4.78, 5) is 0. The van der Waals surface area contributed by atoms with Gasteiger partial charge in [0.15, 0.2) is 0 Å². The fraction of sp³-hybridized carbons (Fsp3) is 1.00. The van der Waals surface area contributed by atoms with E-state index in [1.807, 2.05) is 20.8 Å². The van der Waals surface area contributed by atoms with Crippen molar-refractivity contribution in [2.75, 3.05) is 6.54 Å². The van der Waals surface area contributed by atoms with Crippen LogP contribution < -0.4 is 0 Å². The predicted molar refractivity (Wildman–Crippen MR) is 46.7 cm³/mol. The fourth-order valence-electron chi connectivity index (χ4n) is 0.841. The Labute approximate surface area is 70.2 Å². The van der Waals surface area contributed by atoms with Crippen molar-refractivity contribution >= 4 is 0 Å². The summed E-state index contributed by atoms with van der Waals surface area (Å²) in [6.45, 7) is 8.67. The normalized spacial score (nSPS) is 12.5. The molecule has 0 N–H and O–H groups in total. The van der Waals surface area contributed by atoms with Gasteiger partial charge in [0.2, 0.25) is 0 Å². The summed E-state index contributed by atoms with van der Waals surface area (Å²) in [6.07, 6.45) is 3.37. The minimum absolute atomic E-state index is 0.215. The number of hydrogen-bond acceptors (Lipinski definition) is 1. The maximum atomic E-state index is 11.3. The molecule has 0 heterocycles. The molecular weight excluding hydrogens is 138 g/mol. The van der Waals surface area contributed by atoms with E-state index in [1.165, 1.54) is 11.5 Å². The van der Waals surface area contributed by atoms with Crippen LogP contribution in [0.25, 0.3) is 0 Å². The van der Waals surface area contributed by atoms with Crippen LogP contribution in [-0.4, -0.2) is 17.1 Å². The maximum absolute atomic E-state index is 11.3. The summed E-state index contributed by atoms with van der Waals surface area (Å²) in [5.74, 6) is 0. The van der Waals surface area contributed by atoms with Crippen LogP contribution in [0.5, 0.6) is 0 Å². The van der Waals surface area contributed by atoms with Crippen molar-refractivity contribution in [1.82, 2.24) is 5.06 Å². The SMILES string of the molecule is CCCCCN([O])C(C)(C)C. The minimum Gasteiger partial charge on any atom is -0.150 e. The fourth-order valence-corrected chi connectivity index (χ4v) is 0.841. The molecule has 0 aliphatic carbocycles. The molecule has 2 nitrogen and oxygen atoms in total. The molecule has 0 aromatic rings. The Kier molecular flexibility index (Phi) is 4.69. The van der Waals surface area contributed by atoms with Crippen LogP contribution in [0.2, 0.25) is 0 Å². The average Bonchev–Trinajstić information content (AvgIpc) is 1.86. The number of hydrogen-bond donors (Lipinski definition) is 0. The van der Waals surface area contributed by atoms with E-state index in [4.69, 9.17) is 0 Å². The molecule has 0 amide bonds.